The molecule has 10 heteroatoms. The Kier molecular flexibility index (Phi) is 76.5. The van der Waals surface area contributed by atoms with Crippen LogP contribution in [0.5, 0.6) is 0 Å². The van der Waals surface area contributed by atoms with Crippen LogP contribution in [0.1, 0.15) is 335 Å². The van der Waals surface area contributed by atoms with E-state index in [9.17, 15) is 19.0 Å². The van der Waals surface area contributed by atoms with Crippen molar-refractivity contribution in [3.05, 3.63) is 170 Å². The smallest absolute Gasteiger partial charge is 0.462 e. The Balaban J connectivity index is 3.85. The molecule has 3 N–H and O–H groups in total. The molecule has 0 spiro atoms. The van der Waals surface area contributed by atoms with E-state index in [1.165, 1.54) is 173 Å². The number of hydrogen-bond acceptors (Lipinski definition) is 8. The highest BCUT2D eigenvalue weighted by Crippen LogP contribution is 2.43. The van der Waals surface area contributed by atoms with Crippen LogP contribution >= 0.6 is 7.82 Å². The largest absolute Gasteiger partial charge is 0.472 e. The van der Waals surface area contributed by atoms with Gasteiger partial charge in [-0.3, -0.25) is 18.6 Å². The maximum Gasteiger partial charge on any atom is 0.472 e. The second kappa shape index (κ2) is 80.3. The average molecular weight is 1370 g/mol. The number of phosphoric ester groups is 1. The predicted molar refractivity (Wildman–Crippen MR) is 422 cm³/mol. The number of phosphoric acid groups is 1. The third-order valence-corrected chi connectivity index (χ3v) is 17.6. The lowest BCUT2D eigenvalue weighted by molar-refractivity contribution is -0.161. The summed E-state index contributed by atoms with van der Waals surface area (Å²) >= 11 is 0. The van der Waals surface area contributed by atoms with Gasteiger partial charge in [-0.25, -0.2) is 4.57 Å². The molecule has 97 heavy (non-hydrogen) atoms. The van der Waals surface area contributed by atoms with Gasteiger partial charge in [-0.05, 0) is 128 Å². The van der Waals surface area contributed by atoms with Crippen LogP contribution in [0, 0.1) is 0 Å². The normalized spacial score (nSPS) is 13.8. The average Bonchev–Trinajstić information content (AvgIpc) is 2.57. The van der Waals surface area contributed by atoms with Gasteiger partial charge in [0, 0.05) is 19.4 Å². The van der Waals surface area contributed by atoms with Gasteiger partial charge in [0.1, 0.15) is 6.61 Å². The monoisotopic (exact) mass is 1360 g/mol. The van der Waals surface area contributed by atoms with Crippen LogP contribution in [0.25, 0.3) is 0 Å². The SMILES string of the molecule is CC/C=C\C/C=C\C/C=C\C/C=C\C/C=C\C/C=C\C/C=C\CCCCCCCCCCCCCCCCCCCCCC(=O)OC(COC(=O)CCCCCCCCCCCCCCC/C=C\C/C=C\C/C=C\C/C=C\C/C=C\C/C=C\C/C=C\CC)COP(=O)(O)OCCN. The van der Waals surface area contributed by atoms with Gasteiger partial charge in [-0.2, -0.15) is 0 Å². The first-order valence-corrected chi connectivity index (χ1v) is 41.1. The number of carbonyl (C=O) groups excluding carboxylic acids is 2. The molecule has 9 nitrogen and oxygen atoms in total. The third-order valence-electron chi connectivity index (χ3n) is 16.6. The summed E-state index contributed by atoms with van der Waals surface area (Å²) in [5.74, 6) is -0.825. The van der Waals surface area contributed by atoms with Crippen LogP contribution in [-0.4, -0.2) is 49.3 Å². The zero-order valence-corrected chi connectivity index (χ0v) is 63.2. The second-order valence-corrected chi connectivity index (χ2v) is 27.3. The molecule has 0 aromatic rings. The fourth-order valence-electron chi connectivity index (χ4n) is 10.8. The van der Waals surface area contributed by atoms with Crippen molar-refractivity contribution in [3.63, 3.8) is 0 Å². The Morgan fingerprint density at radius 3 is 0.794 bits per heavy atom. The summed E-state index contributed by atoms with van der Waals surface area (Å²) in [6, 6.07) is 0. The molecule has 2 atom stereocenters. The fraction of sp³-hybridized carbons (Fsp3) is 0.655. The first-order valence-electron chi connectivity index (χ1n) is 39.6. The summed E-state index contributed by atoms with van der Waals surface area (Å²) in [5.41, 5.74) is 5.41. The molecular formula is C87H146NO8P. The van der Waals surface area contributed by atoms with Gasteiger partial charge in [-0.1, -0.05) is 364 Å². The number of carbonyl (C=O) groups is 2. The van der Waals surface area contributed by atoms with Crippen LogP contribution in [0.4, 0.5) is 0 Å². The topological polar surface area (TPSA) is 134 Å². The van der Waals surface area contributed by atoms with E-state index in [1.54, 1.807) is 0 Å². The van der Waals surface area contributed by atoms with Crippen molar-refractivity contribution in [1.29, 1.82) is 0 Å². The van der Waals surface area contributed by atoms with Crippen molar-refractivity contribution in [3.8, 4) is 0 Å². The highest BCUT2D eigenvalue weighted by molar-refractivity contribution is 7.47. The van der Waals surface area contributed by atoms with E-state index in [0.29, 0.717) is 6.42 Å². The molecule has 0 bridgehead atoms. The Hall–Kier alpha value is -4.63. The number of ether oxygens (including phenoxy) is 2. The number of nitrogens with two attached hydrogens (primary N) is 1. The lowest BCUT2D eigenvalue weighted by atomic mass is 10.0. The number of esters is 2. The van der Waals surface area contributed by atoms with Crippen LogP contribution in [-0.2, 0) is 32.7 Å². The Morgan fingerprint density at radius 1 is 0.309 bits per heavy atom. The molecule has 0 rings (SSSR count). The first-order chi connectivity index (χ1) is 47.8. The zero-order chi connectivity index (χ0) is 70.0. The fourth-order valence-corrected chi connectivity index (χ4v) is 11.6. The van der Waals surface area contributed by atoms with Gasteiger partial charge in [0.15, 0.2) is 6.10 Å². The highest BCUT2D eigenvalue weighted by Gasteiger charge is 2.26. The standard InChI is InChI=1S/C87H146NO8P/c1-3-5-7-9-11-13-15-17-19-21-23-25-27-29-31-33-35-37-39-40-41-42-43-44-46-48-50-52-54-56-58-60-62-64-66-68-70-72-74-76-78-80-87(90)96-85(84-95-97(91,92)94-82-81-88)83-93-86(89)79-77-75-73-71-69-67-65-63-61-59-57-55-53-51-49-47-45-38-36-34-32-30-28-26-24-22-20-18-16-14-12-10-8-6-4-2/h5-8,11-14,17-20,23-26,29-32,35-38,40-41,47,49,85H,3-4,9-10,15-16,21-22,27-28,33-34,39,42-46,48,50-84,88H2,1-2H3,(H,91,92)/b7-5-,8-6-,13-11-,14-12-,19-17-,20-18-,25-23-,26-24-,31-29-,32-30-,37-35-,38-36-,41-40-,49-47-. The summed E-state index contributed by atoms with van der Waals surface area (Å²) in [6.45, 7) is 3.54. The van der Waals surface area contributed by atoms with Gasteiger partial charge >= 0.3 is 19.8 Å². The van der Waals surface area contributed by atoms with E-state index in [-0.39, 0.29) is 38.6 Å². The molecule has 0 saturated heterocycles. The first kappa shape index (κ1) is 92.4. The van der Waals surface area contributed by atoms with E-state index < -0.39 is 26.5 Å². The molecule has 0 heterocycles. The van der Waals surface area contributed by atoms with Crippen molar-refractivity contribution < 1.29 is 37.6 Å². The minimum absolute atomic E-state index is 0.0484. The molecule has 0 radical (unpaired) electrons. The molecule has 552 valence electrons. The number of hydrogen-bond donors (Lipinski definition) is 2. The molecule has 0 fully saturated rings. The lowest BCUT2D eigenvalue weighted by Gasteiger charge is -2.19. The van der Waals surface area contributed by atoms with Gasteiger partial charge < -0.3 is 20.1 Å². The van der Waals surface area contributed by atoms with Crippen molar-refractivity contribution >= 4 is 19.8 Å². The number of unbranched alkanes of at least 4 members (excludes halogenated alkanes) is 32. The van der Waals surface area contributed by atoms with Crippen LogP contribution in [0.15, 0.2) is 170 Å². The summed E-state index contributed by atoms with van der Waals surface area (Å²) in [7, 11) is -4.41. The summed E-state index contributed by atoms with van der Waals surface area (Å²) in [5, 5.41) is 0. The lowest BCUT2D eigenvalue weighted by Crippen LogP contribution is -2.29. The van der Waals surface area contributed by atoms with Crippen LogP contribution in [0.3, 0.4) is 0 Å². The number of rotatable bonds is 73. The molecule has 0 amide bonds. The van der Waals surface area contributed by atoms with E-state index >= 15 is 0 Å². The molecule has 0 aliphatic carbocycles. The molecule has 0 saturated carbocycles. The van der Waals surface area contributed by atoms with E-state index in [4.69, 9.17) is 24.3 Å². The molecule has 2 unspecified atom stereocenters. The highest BCUT2D eigenvalue weighted by atomic mass is 31.2. The van der Waals surface area contributed by atoms with Gasteiger partial charge in [0.2, 0.25) is 0 Å². The summed E-state index contributed by atoms with van der Waals surface area (Å²) in [4.78, 5) is 35.5. The minimum atomic E-state index is -4.41. The maximum atomic E-state index is 12.8. The zero-order valence-electron chi connectivity index (χ0n) is 62.3. The summed E-state index contributed by atoms with van der Waals surface area (Å²) < 4.78 is 33.3. The van der Waals surface area contributed by atoms with Crippen molar-refractivity contribution in [1.82, 2.24) is 0 Å². The van der Waals surface area contributed by atoms with Crippen molar-refractivity contribution in [2.75, 3.05) is 26.4 Å². The molecule has 0 aliphatic rings. The third kappa shape index (κ3) is 80.2. The minimum Gasteiger partial charge on any atom is -0.462 e. The maximum absolute atomic E-state index is 12.8. The Labute approximate surface area is 597 Å². The van der Waals surface area contributed by atoms with Crippen molar-refractivity contribution in [2.45, 2.75) is 341 Å². The van der Waals surface area contributed by atoms with Crippen molar-refractivity contribution in [2.24, 2.45) is 5.73 Å². The van der Waals surface area contributed by atoms with Gasteiger partial charge in [0.25, 0.3) is 0 Å². The van der Waals surface area contributed by atoms with Gasteiger partial charge in [0.05, 0.1) is 13.2 Å². The van der Waals surface area contributed by atoms with Crippen LogP contribution < -0.4 is 5.73 Å². The molecule has 0 aromatic carbocycles. The second-order valence-electron chi connectivity index (χ2n) is 25.8. The Morgan fingerprint density at radius 2 is 0.536 bits per heavy atom. The van der Waals surface area contributed by atoms with Gasteiger partial charge in [-0.15, -0.1) is 0 Å². The predicted octanol–water partition coefficient (Wildman–Crippen LogP) is 26.9. The Bertz CT molecular complexity index is 2210. The van der Waals surface area contributed by atoms with E-state index in [1.807, 2.05) is 0 Å². The molecule has 0 aliphatic heterocycles. The quantitative estimate of drug-likeness (QED) is 0.0264. The molecular weight excluding hydrogens is 1220 g/mol. The molecule has 0 aromatic heterocycles. The van der Waals surface area contributed by atoms with E-state index in [2.05, 4.69) is 184 Å². The summed E-state index contributed by atoms with van der Waals surface area (Å²) in [6.07, 6.45) is 119. The van der Waals surface area contributed by atoms with Crippen LogP contribution in [0.2, 0.25) is 0 Å². The van der Waals surface area contributed by atoms with E-state index in [0.717, 1.165) is 128 Å². The number of allylic oxidation sites excluding steroid dienone is 28.